The number of hydrogen-bond donors (Lipinski definition) is 2. The Hall–Kier alpha value is -3.52. The van der Waals surface area contributed by atoms with Gasteiger partial charge in [0, 0.05) is 18.3 Å². The van der Waals surface area contributed by atoms with E-state index in [1.165, 1.54) is 17.0 Å². The lowest BCUT2D eigenvalue weighted by Gasteiger charge is -2.36. The van der Waals surface area contributed by atoms with Crippen molar-refractivity contribution in [2.45, 2.75) is 82.7 Å². The summed E-state index contributed by atoms with van der Waals surface area (Å²) in [6, 6.07) is 12.7. The maximum Gasteiger partial charge on any atom is 0.246 e. The second kappa shape index (κ2) is 10.7. The lowest BCUT2D eigenvalue weighted by atomic mass is 9.74. The highest BCUT2D eigenvalue weighted by atomic mass is 19.1. The second-order valence-electron chi connectivity index (χ2n) is 12.4. The van der Waals surface area contributed by atoms with Crippen LogP contribution in [0.2, 0.25) is 0 Å². The van der Waals surface area contributed by atoms with E-state index in [1.54, 1.807) is 12.1 Å². The molecular weight excluding hydrogens is 521 g/mol. The number of ether oxygens (including phenoxy) is 1. The van der Waals surface area contributed by atoms with Crippen LogP contribution in [0.25, 0.3) is 0 Å². The summed E-state index contributed by atoms with van der Waals surface area (Å²) in [5.74, 6) is -2.16. The Bertz CT molecular complexity index is 1360. The van der Waals surface area contributed by atoms with Gasteiger partial charge in [-0.2, -0.15) is 0 Å². The smallest absolute Gasteiger partial charge is 0.246 e. The maximum atomic E-state index is 14.2. The van der Waals surface area contributed by atoms with E-state index in [-0.39, 0.29) is 36.1 Å². The van der Waals surface area contributed by atoms with Crippen molar-refractivity contribution in [2.75, 3.05) is 5.32 Å². The Labute approximate surface area is 240 Å². The number of benzene rings is 2. The summed E-state index contributed by atoms with van der Waals surface area (Å²) >= 11 is 0. The quantitative estimate of drug-likeness (QED) is 0.471. The van der Waals surface area contributed by atoms with Crippen molar-refractivity contribution in [3.05, 3.63) is 77.6 Å². The SMILES string of the molecule is CC(C)c1ccc(NC(=O)[C@@H]2[C@@H]3C=C[C@]4(O3)[C@@H]2C(=O)N(Cc2ccc(F)cc2)[C@H]4C(=O)N[C@@H]2CCCC[C@@H]2C)cc1. The second-order valence-corrected chi connectivity index (χ2v) is 12.4. The average Bonchev–Trinajstić information content (AvgIpc) is 3.59. The van der Waals surface area contributed by atoms with Crippen molar-refractivity contribution in [3.8, 4) is 0 Å². The van der Waals surface area contributed by atoms with Crippen LogP contribution >= 0.6 is 0 Å². The predicted octanol–water partition coefficient (Wildman–Crippen LogP) is 4.93. The molecule has 4 aliphatic rings. The number of nitrogens with one attached hydrogen (secondary N) is 2. The zero-order valence-corrected chi connectivity index (χ0v) is 23.8. The number of fused-ring (bicyclic) bond motifs is 1. The minimum Gasteiger partial charge on any atom is -0.359 e. The van der Waals surface area contributed by atoms with E-state index < -0.39 is 29.6 Å². The van der Waals surface area contributed by atoms with E-state index in [4.69, 9.17) is 4.74 Å². The molecule has 3 amide bonds. The van der Waals surface area contributed by atoms with E-state index in [0.29, 0.717) is 23.1 Å². The minimum absolute atomic E-state index is 0.0185. The van der Waals surface area contributed by atoms with Gasteiger partial charge in [0.1, 0.15) is 17.5 Å². The van der Waals surface area contributed by atoms with Gasteiger partial charge in [-0.25, -0.2) is 4.39 Å². The molecule has 1 saturated carbocycles. The van der Waals surface area contributed by atoms with Crippen molar-refractivity contribution in [2.24, 2.45) is 17.8 Å². The highest BCUT2D eigenvalue weighted by Crippen LogP contribution is 2.55. The Morgan fingerprint density at radius 3 is 2.44 bits per heavy atom. The number of likely N-dealkylation sites (tertiary alicyclic amines) is 1. The van der Waals surface area contributed by atoms with E-state index in [2.05, 4.69) is 31.4 Å². The zero-order valence-electron chi connectivity index (χ0n) is 23.8. The normalized spacial score (nSPS) is 31.9. The molecule has 1 aliphatic carbocycles. The highest BCUT2D eigenvalue weighted by Gasteiger charge is 2.72. The van der Waals surface area contributed by atoms with Gasteiger partial charge in [0.05, 0.1) is 17.9 Å². The summed E-state index contributed by atoms with van der Waals surface area (Å²) in [6.07, 6.45) is 7.16. The summed E-state index contributed by atoms with van der Waals surface area (Å²) in [7, 11) is 0. The number of halogens is 1. The highest BCUT2D eigenvalue weighted by molar-refractivity contribution is 6.02. The summed E-state index contributed by atoms with van der Waals surface area (Å²) in [5, 5.41) is 6.22. The van der Waals surface area contributed by atoms with E-state index in [9.17, 15) is 18.8 Å². The monoisotopic (exact) mass is 559 g/mol. The molecular formula is C33H38FN3O4. The molecule has 2 N–H and O–H groups in total. The molecule has 7 atom stereocenters. The molecule has 0 unspecified atom stereocenters. The molecule has 8 heteroatoms. The molecule has 1 spiro atoms. The minimum atomic E-state index is -1.24. The molecule has 2 saturated heterocycles. The van der Waals surface area contributed by atoms with Gasteiger partial charge in [0.25, 0.3) is 0 Å². The summed E-state index contributed by atoms with van der Waals surface area (Å²) in [6.45, 7) is 6.48. The number of carbonyl (C=O) groups excluding carboxylic acids is 3. The van der Waals surface area contributed by atoms with Crippen molar-refractivity contribution >= 4 is 23.4 Å². The van der Waals surface area contributed by atoms with Gasteiger partial charge in [0.15, 0.2) is 0 Å². The number of hydrogen-bond acceptors (Lipinski definition) is 4. The average molecular weight is 560 g/mol. The fourth-order valence-electron chi connectivity index (χ4n) is 7.19. The van der Waals surface area contributed by atoms with Crippen molar-refractivity contribution in [1.82, 2.24) is 10.2 Å². The third-order valence-electron chi connectivity index (χ3n) is 9.48. The number of amides is 3. The molecule has 0 radical (unpaired) electrons. The van der Waals surface area contributed by atoms with Crippen LogP contribution in [0.1, 0.15) is 63.5 Å². The Morgan fingerprint density at radius 2 is 1.76 bits per heavy atom. The first-order valence-corrected chi connectivity index (χ1v) is 14.8. The number of anilines is 1. The topological polar surface area (TPSA) is 87.7 Å². The number of carbonyl (C=O) groups is 3. The molecule has 2 aromatic carbocycles. The molecule has 41 heavy (non-hydrogen) atoms. The van der Waals surface area contributed by atoms with Gasteiger partial charge in [-0.05, 0) is 60.1 Å². The molecule has 2 aromatic rings. The molecule has 6 rings (SSSR count). The van der Waals surface area contributed by atoms with Crippen LogP contribution in [0.15, 0.2) is 60.7 Å². The molecule has 3 heterocycles. The van der Waals surface area contributed by atoms with E-state index in [0.717, 1.165) is 31.2 Å². The van der Waals surface area contributed by atoms with Crippen LogP contribution in [-0.2, 0) is 25.7 Å². The lowest BCUT2D eigenvalue weighted by molar-refractivity contribution is -0.142. The van der Waals surface area contributed by atoms with Gasteiger partial charge in [0.2, 0.25) is 17.7 Å². The predicted molar refractivity (Wildman–Crippen MR) is 153 cm³/mol. The van der Waals surface area contributed by atoms with Gasteiger partial charge in [-0.3, -0.25) is 14.4 Å². The third-order valence-corrected chi connectivity index (χ3v) is 9.48. The first kappa shape index (κ1) is 27.6. The Balaban J connectivity index is 1.30. The molecule has 2 bridgehead atoms. The lowest BCUT2D eigenvalue weighted by Crippen LogP contribution is -2.57. The molecule has 3 aliphatic heterocycles. The fraction of sp³-hybridized carbons (Fsp3) is 0.485. The van der Waals surface area contributed by atoms with E-state index >= 15 is 0 Å². The Kier molecular flexibility index (Phi) is 7.22. The third kappa shape index (κ3) is 4.86. The van der Waals surface area contributed by atoms with Crippen LogP contribution < -0.4 is 10.6 Å². The van der Waals surface area contributed by atoms with Crippen molar-refractivity contribution < 1.29 is 23.5 Å². The van der Waals surface area contributed by atoms with Crippen molar-refractivity contribution in [3.63, 3.8) is 0 Å². The van der Waals surface area contributed by atoms with E-state index in [1.807, 2.05) is 36.4 Å². The molecule has 216 valence electrons. The number of nitrogens with zero attached hydrogens (tertiary/aromatic N) is 1. The van der Waals surface area contributed by atoms with Gasteiger partial charge >= 0.3 is 0 Å². The maximum absolute atomic E-state index is 14.2. The van der Waals surface area contributed by atoms with Gasteiger partial charge < -0.3 is 20.3 Å². The van der Waals surface area contributed by atoms with Gasteiger partial charge in [-0.1, -0.05) is 70.0 Å². The van der Waals surface area contributed by atoms with Crippen LogP contribution in [0.4, 0.5) is 10.1 Å². The standard InChI is InChI=1S/C33H38FN3O4/c1-19(2)22-10-14-24(15-11-22)35-30(38)27-26-16-17-33(41-26)28(27)32(40)37(18-21-8-12-23(34)13-9-21)29(33)31(39)36-25-7-5-4-6-20(25)3/h8-17,19-20,25-29H,4-7,18H2,1-3H3,(H,35,38)(H,36,39)/t20-,25+,26-,27+,28-,29-,33-/m0/s1. The zero-order chi connectivity index (χ0) is 28.9. The van der Waals surface area contributed by atoms with Crippen LogP contribution in [-0.4, -0.2) is 46.4 Å². The largest absolute Gasteiger partial charge is 0.359 e. The van der Waals surface area contributed by atoms with Crippen LogP contribution in [0.5, 0.6) is 0 Å². The Morgan fingerprint density at radius 1 is 1.05 bits per heavy atom. The molecule has 3 fully saturated rings. The van der Waals surface area contributed by atoms with Gasteiger partial charge in [-0.15, -0.1) is 0 Å². The number of rotatable bonds is 7. The first-order valence-electron chi connectivity index (χ1n) is 14.8. The first-order chi connectivity index (χ1) is 19.7. The molecule has 0 aromatic heterocycles. The molecule has 7 nitrogen and oxygen atoms in total. The van der Waals surface area contributed by atoms with Crippen molar-refractivity contribution in [1.29, 1.82) is 0 Å². The van der Waals surface area contributed by atoms with Crippen LogP contribution in [0, 0.1) is 23.6 Å². The van der Waals surface area contributed by atoms with Crippen LogP contribution in [0.3, 0.4) is 0 Å². The summed E-state index contributed by atoms with van der Waals surface area (Å²) < 4.78 is 20.1. The fourth-order valence-corrected chi connectivity index (χ4v) is 7.19. The summed E-state index contributed by atoms with van der Waals surface area (Å²) in [5.41, 5.74) is 1.27. The summed E-state index contributed by atoms with van der Waals surface area (Å²) in [4.78, 5) is 43.5.